The summed E-state index contributed by atoms with van der Waals surface area (Å²) < 4.78 is 0. The van der Waals surface area contributed by atoms with Crippen molar-refractivity contribution in [2.45, 2.75) is 91.9 Å². The van der Waals surface area contributed by atoms with E-state index in [1.807, 2.05) is 24.4 Å². The molecule has 0 saturated heterocycles. The Hall–Kier alpha value is -1.90. The number of allylic oxidation sites excluding steroid dienone is 3. The fourth-order valence-electron chi connectivity index (χ4n) is 3.58. The molecule has 0 aromatic carbocycles. The van der Waals surface area contributed by atoms with Crippen LogP contribution in [0.25, 0.3) is 6.08 Å². The molecular weight excluding hydrogens is 358 g/mol. The highest BCUT2D eigenvalue weighted by molar-refractivity contribution is 5.66. The summed E-state index contributed by atoms with van der Waals surface area (Å²) in [4.78, 5) is 15.0. The van der Waals surface area contributed by atoms with E-state index >= 15 is 0 Å². The third-order valence-corrected chi connectivity index (χ3v) is 5.64. The van der Waals surface area contributed by atoms with Gasteiger partial charge >= 0.3 is 5.97 Å². The van der Waals surface area contributed by atoms with E-state index in [4.69, 9.17) is 5.11 Å². The Labute approximate surface area is 178 Å². The lowest BCUT2D eigenvalue weighted by atomic mass is 9.81. The average molecular weight is 400 g/mol. The number of rotatable bonds is 15. The number of pyridine rings is 1. The topological polar surface area (TPSA) is 50.2 Å². The lowest BCUT2D eigenvalue weighted by Crippen LogP contribution is -2.14. The van der Waals surface area contributed by atoms with E-state index in [1.54, 1.807) is 0 Å². The number of carboxylic acid groups (broad SMARTS) is 1. The maximum atomic E-state index is 10.7. The minimum absolute atomic E-state index is 0.141. The number of carboxylic acids is 1. The number of carbonyl (C=O) groups is 1. The number of aromatic nitrogens is 1. The van der Waals surface area contributed by atoms with Crippen molar-refractivity contribution in [3.05, 3.63) is 47.8 Å². The third kappa shape index (κ3) is 13.8. The average Bonchev–Trinajstić information content (AvgIpc) is 2.67. The normalized spacial score (nSPS) is 13.7. The Balaban J connectivity index is 2.11. The second-order valence-electron chi connectivity index (χ2n) is 9.23. The quantitative estimate of drug-likeness (QED) is 0.243. The largest absolute Gasteiger partial charge is 0.481 e. The monoisotopic (exact) mass is 399 g/mol. The van der Waals surface area contributed by atoms with Gasteiger partial charge in [0, 0.05) is 12.6 Å². The summed E-state index contributed by atoms with van der Waals surface area (Å²) in [6.45, 7) is 8.99. The van der Waals surface area contributed by atoms with Crippen LogP contribution in [0.2, 0.25) is 0 Å². The van der Waals surface area contributed by atoms with Crippen molar-refractivity contribution in [1.82, 2.24) is 4.98 Å². The SMILES string of the molecule is CC(=CCCC=Cc1ccccn1)CCCC(C)CCCC(C)(C)CCC(=O)O. The molecule has 1 aromatic rings. The van der Waals surface area contributed by atoms with E-state index in [2.05, 4.69) is 50.9 Å². The zero-order valence-corrected chi connectivity index (χ0v) is 19.0. The summed E-state index contributed by atoms with van der Waals surface area (Å²) in [5.74, 6) is 0.0680. The molecular formula is C26H41NO2. The predicted molar refractivity (Wildman–Crippen MR) is 124 cm³/mol. The number of nitrogens with zero attached hydrogens (tertiary/aromatic N) is 1. The third-order valence-electron chi connectivity index (χ3n) is 5.64. The molecule has 29 heavy (non-hydrogen) atoms. The highest BCUT2D eigenvalue weighted by Gasteiger charge is 2.19. The van der Waals surface area contributed by atoms with Gasteiger partial charge in [0.05, 0.1) is 5.69 Å². The molecule has 0 amide bonds. The zero-order chi connectivity index (χ0) is 21.5. The van der Waals surface area contributed by atoms with Crippen molar-refractivity contribution in [1.29, 1.82) is 0 Å². The predicted octanol–water partition coefficient (Wildman–Crippen LogP) is 7.69. The maximum Gasteiger partial charge on any atom is 0.303 e. The molecule has 0 saturated carbocycles. The van der Waals surface area contributed by atoms with Crippen LogP contribution in [0.4, 0.5) is 0 Å². The first-order valence-corrected chi connectivity index (χ1v) is 11.2. The summed E-state index contributed by atoms with van der Waals surface area (Å²) >= 11 is 0. The van der Waals surface area contributed by atoms with Crippen molar-refractivity contribution in [2.75, 3.05) is 0 Å². The fourth-order valence-corrected chi connectivity index (χ4v) is 3.58. The summed E-state index contributed by atoms with van der Waals surface area (Å²) in [7, 11) is 0. The molecule has 0 aliphatic rings. The highest BCUT2D eigenvalue weighted by atomic mass is 16.4. The molecule has 0 spiro atoms. The number of hydrogen-bond acceptors (Lipinski definition) is 2. The minimum atomic E-state index is -0.681. The van der Waals surface area contributed by atoms with Crippen molar-refractivity contribution >= 4 is 12.0 Å². The lowest BCUT2D eigenvalue weighted by molar-refractivity contribution is -0.137. The van der Waals surface area contributed by atoms with E-state index < -0.39 is 5.97 Å². The molecule has 1 heterocycles. The number of unbranched alkanes of at least 4 members (excludes halogenated alkanes) is 1. The summed E-state index contributed by atoms with van der Waals surface area (Å²) in [5.41, 5.74) is 2.66. The second kappa shape index (κ2) is 14.1. The molecule has 1 unspecified atom stereocenters. The van der Waals surface area contributed by atoms with Gasteiger partial charge in [-0.1, -0.05) is 63.8 Å². The first-order chi connectivity index (χ1) is 13.8. The molecule has 0 bridgehead atoms. The van der Waals surface area contributed by atoms with Gasteiger partial charge in [-0.05, 0) is 75.0 Å². The first-order valence-electron chi connectivity index (χ1n) is 11.2. The van der Waals surface area contributed by atoms with Crippen molar-refractivity contribution in [3.63, 3.8) is 0 Å². The molecule has 1 rings (SSSR count). The van der Waals surface area contributed by atoms with Crippen LogP contribution in [-0.2, 0) is 4.79 Å². The molecule has 0 aliphatic heterocycles. The molecule has 0 fully saturated rings. The van der Waals surface area contributed by atoms with Gasteiger partial charge < -0.3 is 5.11 Å². The molecule has 1 N–H and O–H groups in total. The van der Waals surface area contributed by atoms with Gasteiger partial charge in [0.2, 0.25) is 0 Å². The highest BCUT2D eigenvalue weighted by Crippen LogP contribution is 2.30. The van der Waals surface area contributed by atoms with Crippen LogP contribution in [0.15, 0.2) is 42.1 Å². The number of aliphatic carboxylic acids is 1. The van der Waals surface area contributed by atoms with E-state index in [0.29, 0.717) is 0 Å². The minimum Gasteiger partial charge on any atom is -0.481 e. The Morgan fingerprint density at radius 3 is 2.59 bits per heavy atom. The molecule has 0 radical (unpaired) electrons. The maximum absolute atomic E-state index is 10.7. The van der Waals surface area contributed by atoms with Crippen LogP contribution in [0.3, 0.4) is 0 Å². The van der Waals surface area contributed by atoms with Crippen LogP contribution in [-0.4, -0.2) is 16.1 Å². The van der Waals surface area contributed by atoms with E-state index in [9.17, 15) is 4.79 Å². The molecule has 1 aromatic heterocycles. The fraction of sp³-hybridized carbons (Fsp3) is 0.615. The van der Waals surface area contributed by atoms with E-state index in [0.717, 1.165) is 37.3 Å². The molecule has 3 heteroatoms. The standard InChI is InChI=1S/C26H41NO2/c1-22(12-6-5-7-16-24-17-8-9-21-27-24)13-10-14-23(2)15-11-19-26(3,4)20-18-25(28)29/h7-9,12,16-17,21,23H,5-6,10-11,13-15,18-20H2,1-4H3,(H,28,29). The summed E-state index contributed by atoms with van der Waals surface area (Å²) in [6, 6.07) is 5.97. The second-order valence-corrected chi connectivity index (χ2v) is 9.23. The first kappa shape index (κ1) is 25.1. The Morgan fingerprint density at radius 2 is 1.90 bits per heavy atom. The van der Waals surface area contributed by atoms with Gasteiger partial charge in [0.25, 0.3) is 0 Å². The Kier molecular flexibility index (Phi) is 12.3. The Morgan fingerprint density at radius 1 is 1.14 bits per heavy atom. The summed E-state index contributed by atoms with van der Waals surface area (Å²) in [6.07, 6.45) is 19.0. The lowest BCUT2D eigenvalue weighted by Gasteiger charge is -2.24. The van der Waals surface area contributed by atoms with Crippen LogP contribution >= 0.6 is 0 Å². The summed E-state index contributed by atoms with van der Waals surface area (Å²) in [5, 5.41) is 8.85. The smallest absolute Gasteiger partial charge is 0.303 e. The van der Waals surface area contributed by atoms with Crippen molar-refractivity contribution < 1.29 is 9.90 Å². The van der Waals surface area contributed by atoms with Crippen LogP contribution in [0.5, 0.6) is 0 Å². The molecule has 1 atom stereocenters. The van der Waals surface area contributed by atoms with Gasteiger partial charge in [-0.3, -0.25) is 9.78 Å². The van der Waals surface area contributed by atoms with Gasteiger partial charge in [0.15, 0.2) is 0 Å². The van der Waals surface area contributed by atoms with Gasteiger partial charge in [0.1, 0.15) is 0 Å². The van der Waals surface area contributed by atoms with E-state index in [1.165, 1.54) is 37.7 Å². The van der Waals surface area contributed by atoms with Gasteiger partial charge in [-0.15, -0.1) is 0 Å². The van der Waals surface area contributed by atoms with Crippen molar-refractivity contribution in [2.24, 2.45) is 11.3 Å². The van der Waals surface area contributed by atoms with Crippen LogP contribution in [0, 0.1) is 11.3 Å². The van der Waals surface area contributed by atoms with E-state index in [-0.39, 0.29) is 11.8 Å². The van der Waals surface area contributed by atoms with Crippen LogP contribution < -0.4 is 0 Å². The molecule has 162 valence electrons. The number of hydrogen-bond donors (Lipinski definition) is 1. The Bertz CT molecular complexity index is 631. The van der Waals surface area contributed by atoms with Crippen LogP contribution in [0.1, 0.15) is 97.6 Å². The molecule has 0 aliphatic carbocycles. The van der Waals surface area contributed by atoms with Gasteiger partial charge in [-0.25, -0.2) is 0 Å². The van der Waals surface area contributed by atoms with Gasteiger partial charge in [-0.2, -0.15) is 0 Å². The zero-order valence-electron chi connectivity index (χ0n) is 19.0. The molecule has 3 nitrogen and oxygen atoms in total. The van der Waals surface area contributed by atoms with Crippen molar-refractivity contribution in [3.8, 4) is 0 Å².